The van der Waals surface area contributed by atoms with Crippen LogP contribution in [0.1, 0.15) is 43.0 Å². The van der Waals surface area contributed by atoms with Crippen LogP contribution in [0.3, 0.4) is 0 Å². The lowest BCUT2D eigenvalue weighted by molar-refractivity contribution is 0.709. The van der Waals surface area contributed by atoms with Crippen molar-refractivity contribution in [2.24, 2.45) is 0 Å². The smallest absolute Gasteiger partial charge is 0.180 e. The summed E-state index contributed by atoms with van der Waals surface area (Å²) in [5.74, 6) is 0.674. The van der Waals surface area contributed by atoms with Crippen molar-refractivity contribution in [2.45, 2.75) is 45.4 Å². The molecule has 0 fully saturated rings. The zero-order chi connectivity index (χ0) is 13.9. The maximum Gasteiger partial charge on any atom is 0.180 e. The predicted molar refractivity (Wildman–Crippen MR) is 80.9 cm³/mol. The molecule has 4 heteroatoms. The van der Waals surface area contributed by atoms with Crippen molar-refractivity contribution in [2.75, 3.05) is 0 Å². The molecule has 0 aliphatic heterocycles. The SMILES string of the molecule is CCc1cccnc1-c1nc(Cl)c2c(n1)CCCCC2. The predicted octanol–water partition coefficient (Wildman–Crippen LogP) is 4.02. The number of halogens is 1. The second-order valence-electron chi connectivity index (χ2n) is 5.19. The Hall–Kier alpha value is -1.48. The Kier molecular flexibility index (Phi) is 3.97. The summed E-state index contributed by atoms with van der Waals surface area (Å²) < 4.78 is 0. The molecule has 104 valence electrons. The first-order chi connectivity index (χ1) is 9.79. The summed E-state index contributed by atoms with van der Waals surface area (Å²) in [4.78, 5) is 13.7. The lowest BCUT2D eigenvalue weighted by Gasteiger charge is -2.11. The molecule has 2 aromatic heterocycles. The monoisotopic (exact) mass is 287 g/mol. The third-order valence-electron chi connectivity index (χ3n) is 3.87. The van der Waals surface area contributed by atoms with Gasteiger partial charge in [0.05, 0.1) is 0 Å². The number of fused-ring (bicyclic) bond motifs is 1. The quantitative estimate of drug-likeness (QED) is 0.618. The molecule has 0 amide bonds. The van der Waals surface area contributed by atoms with E-state index in [9.17, 15) is 0 Å². The van der Waals surface area contributed by atoms with Gasteiger partial charge in [-0.1, -0.05) is 31.0 Å². The molecule has 2 aromatic rings. The highest BCUT2D eigenvalue weighted by molar-refractivity contribution is 6.30. The van der Waals surface area contributed by atoms with E-state index in [4.69, 9.17) is 16.6 Å². The Morgan fingerprint density at radius 3 is 2.85 bits per heavy atom. The summed E-state index contributed by atoms with van der Waals surface area (Å²) in [5.41, 5.74) is 4.29. The van der Waals surface area contributed by atoms with Crippen molar-refractivity contribution < 1.29 is 0 Å². The summed E-state index contributed by atoms with van der Waals surface area (Å²) in [5, 5.41) is 0.611. The fourth-order valence-corrected chi connectivity index (χ4v) is 3.04. The summed E-state index contributed by atoms with van der Waals surface area (Å²) in [6.45, 7) is 2.12. The van der Waals surface area contributed by atoms with Crippen LogP contribution in [-0.2, 0) is 19.3 Å². The molecule has 0 spiro atoms. The molecule has 3 rings (SSSR count). The van der Waals surface area contributed by atoms with Crippen LogP contribution in [-0.4, -0.2) is 15.0 Å². The minimum absolute atomic E-state index is 0.611. The molecule has 0 unspecified atom stereocenters. The van der Waals surface area contributed by atoms with Crippen molar-refractivity contribution in [1.29, 1.82) is 0 Å². The molecule has 0 bridgehead atoms. The van der Waals surface area contributed by atoms with E-state index in [1.54, 1.807) is 6.20 Å². The van der Waals surface area contributed by atoms with Crippen LogP contribution in [0, 0.1) is 0 Å². The van der Waals surface area contributed by atoms with Crippen LogP contribution in [0.2, 0.25) is 5.15 Å². The Bertz CT molecular complexity index is 625. The average Bonchev–Trinajstić information content (AvgIpc) is 2.73. The van der Waals surface area contributed by atoms with Crippen LogP contribution in [0.25, 0.3) is 11.5 Å². The molecule has 2 heterocycles. The Balaban J connectivity index is 2.11. The van der Waals surface area contributed by atoms with Gasteiger partial charge in [0.15, 0.2) is 5.82 Å². The molecule has 1 aliphatic carbocycles. The Morgan fingerprint density at radius 1 is 1.15 bits per heavy atom. The first-order valence-electron chi connectivity index (χ1n) is 7.29. The molecule has 0 radical (unpaired) electrons. The van der Waals surface area contributed by atoms with Gasteiger partial charge in [0, 0.05) is 17.5 Å². The van der Waals surface area contributed by atoms with E-state index in [1.165, 1.54) is 19.3 Å². The molecule has 1 aliphatic rings. The number of nitrogens with zero attached hydrogens (tertiary/aromatic N) is 3. The first-order valence-corrected chi connectivity index (χ1v) is 7.67. The highest BCUT2D eigenvalue weighted by Crippen LogP contribution is 2.28. The van der Waals surface area contributed by atoms with Gasteiger partial charge in [-0.3, -0.25) is 4.98 Å². The standard InChI is InChI=1S/C16H18ClN3/c1-2-11-7-6-10-18-14(11)16-19-13-9-5-3-4-8-12(13)15(17)20-16/h6-7,10H,2-5,8-9H2,1H3. The average molecular weight is 288 g/mol. The number of aryl methyl sites for hydroxylation is 2. The van der Waals surface area contributed by atoms with E-state index in [-0.39, 0.29) is 0 Å². The van der Waals surface area contributed by atoms with Gasteiger partial charge in [-0.25, -0.2) is 9.97 Å². The zero-order valence-corrected chi connectivity index (χ0v) is 12.5. The third kappa shape index (κ3) is 2.55. The van der Waals surface area contributed by atoms with Crippen LogP contribution in [0.4, 0.5) is 0 Å². The molecule has 20 heavy (non-hydrogen) atoms. The van der Waals surface area contributed by atoms with E-state index < -0.39 is 0 Å². The fraction of sp³-hybridized carbons (Fsp3) is 0.438. The molecule has 0 aromatic carbocycles. The van der Waals surface area contributed by atoms with E-state index in [0.29, 0.717) is 11.0 Å². The van der Waals surface area contributed by atoms with Gasteiger partial charge < -0.3 is 0 Å². The van der Waals surface area contributed by atoms with Gasteiger partial charge in [0.1, 0.15) is 10.8 Å². The molecular weight excluding hydrogens is 270 g/mol. The molecule has 0 atom stereocenters. The van der Waals surface area contributed by atoms with Gasteiger partial charge in [-0.05, 0) is 43.7 Å². The summed E-state index contributed by atoms with van der Waals surface area (Å²) >= 11 is 6.39. The van der Waals surface area contributed by atoms with Crippen LogP contribution in [0.15, 0.2) is 18.3 Å². The summed E-state index contributed by atoms with van der Waals surface area (Å²) in [7, 11) is 0. The van der Waals surface area contributed by atoms with Crippen molar-refractivity contribution in [3.05, 3.63) is 40.3 Å². The number of pyridine rings is 1. The molecule has 3 nitrogen and oxygen atoms in total. The van der Waals surface area contributed by atoms with E-state index in [1.807, 2.05) is 6.07 Å². The molecule has 0 saturated heterocycles. The Morgan fingerprint density at radius 2 is 2.00 bits per heavy atom. The third-order valence-corrected chi connectivity index (χ3v) is 4.18. The van der Waals surface area contributed by atoms with Crippen LogP contribution < -0.4 is 0 Å². The zero-order valence-electron chi connectivity index (χ0n) is 11.7. The largest absolute Gasteiger partial charge is 0.253 e. The maximum absolute atomic E-state index is 6.39. The normalized spacial score (nSPS) is 14.7. The lowest BCUT2D eigenvalue weighted by Crippen LogP contribution is -2.04. The van der Waals surface area contributed by atoms with Crippen molar-refractivity contribution in [1.82, 2.24) is 15.0 Å². The highest BCUT2D eigenvalue weighted by Gasteiger charge is 2.17. The maximum atomic E-state index is 6.39. The van der Waals surface area contributed by atoms with Gasteiger partial charge in [-0.15, -0.1) is 0 Å². The number of hydrogen-bond acceptors (Lipinski definition) is 3. The fourth-order valence-electron chi connectivity index (χ4n) is 2.76. The van der Waals surface area contributed by atoms with Gasteiger partial charge in [0.2, 0.25) is 0 Å². The minimum Gasteiger partial charge on any atom is -0.253 e. The lowest BCUT2D eigenvalue weighted by atomic mass is 10.1. The molecule has 0 saturated carbocycles. The number of aromatic nitrogens is 3. The second-order valence-corrected chi connectivity index (χ2v) is 5.55. The van der Waals surface area contributed by atoms with E-state index in [0.717, 1.165) is 41.8 Å². The molecular formula is C16H18ClN3. The summed E-state index contributed by atoms with van der Waals surface area (Å²) in [6, 6.07) is 4.03. The topological polar surface area (TPSA) is 38.7 Å². The van der Waals surface area contributed by atoms with Gasteiger partial charge >= 0.3 is 0 Å². The second kappa shape index (κ2) is 5.88. The highest BCUT2D eigenvalue weighted by atomic mass is 35.5. The molecule has 0 N–H and O–H groups in total. The Labute approximate surface area is 124 Å². The van der Waals surface area contributed by atoms with Gasteiger partial charge in [0.25, 0.3) is 0 Å². The summed E-state index contributed by atoms with van der Waals surface area (Å²) in [6.07, 6.45) is 8.31. The minimum atomic E-state index is 0.611. The van der Waals surface area contributed by atoms with Crippen LogP contribution in [0.5, 0.6) is 0 Å². The number of hydrogen-bond donors (Lipinski definition) is 0. The van der Waals surface area contributed by atoms with Crippen molar-refractivity contribution in [3.63, 3.8) is 0 Å². The van der Waals surface area contributed by atoms with E-state index >= 15 is 0 Å². The van der Waals surface area contributed by atoms with Gasteiger partial charge in [-0.2, -0.15) is 0 Å². The van der Waals surface area contributed by atoms with E-state index in [2.05, 4.69) is 23.0 Å². The first kappa shape index (κ1) is 13.5. The van der Waals surface area contributed by atoms with Crippen molar-refractivity contribution >= 4 is 11.6 Å². The van der Waals surface area contributed by atoms with Crippen LogP contribution >= 0.6 is 11.6 Å². The number of rotatable bonds is 2. The van der Waals surface area contributed by atoms with Crippen molar-refractivity contribution in [3.8, 4) is 11.5 Å².